The van der Waals surface area contributed by atoms with E-state index >= 15 is 0 Å². The topological polar surface area (TPSA) is 79.7 Å². The van der Waals surface area contributed by atoms with Gasteiger partial charge in [-0.25, -0.2) is 4.79 Å². The molecule has 82 valence electrons. The molecule has 0 bridgehead atoms. The minimum atomic E-state index is -1.61. The molecule has 2 N–H and O–H groups in total. The van der Waals surface area contributed by atoms with Crippen molar-refractivity contribution in [2.24, 2.45) is 0 Å². The summed E-state index contributed by atoms with van der Waals surface area (Å²) >= 11 is 0. The van der Waals surface area contributed by atoms with E-state index in [1.165, 1.54) is 6.20 Å². The van der Waals surface area contributed by atoms with Crippen LogP contribution in [-0.4, -0.2) is 34.4 Å². The van der Waals surface area contributed by atoms with E-state index in [2.05, 4.69) is 9.72 Å². The second kappa shape index (κ2) is 4.86. The van der Waals surface area contributed by atoms with E-state index in [4.69, 9.17) is 0 Å². The Kier molecular flexibility index (Phi) is 3.76. The predicted molar refractivity (Wildman–Crippen MR) is 52.0 cm³/mol. The van der Waals surface area contributed by atoms with Crippen LogP contribution in [0.5, 0.6) is 0 Å². The van der Waals surface area contributed by atoms with Crippen molar-refractivity contribution in [2.45, 2.75) is 19.1 Å². The van der Waals surface area contributed by atoms with Crippen LogP contribution in [0, 0.1) is 6.92 Å². The number of aryl methyl sites for hydroxylation is 1. The lowest BCUT2D eigenvalue weighted by atomic mass is 10.1. The van der Waals surface area contributed by atoms with Crippen LogP contribution >= 0.6 is 0 Å². The molecule has 2 unspecified atom stereocenters. The van der Waals surface area contributed by atoms with E-state index in [1.807, 2.05) is 6.92 Å². The molecule has 0 radical (unpaired) electrons. The highest BCUT2D eigenvalue weighted by Crippen LogP contribution is 2.16. The van der Waals surface area contributed by atoms with Crippen molar-refractivity contribution >= 4 is 5.97 Å². The van der Waals surface area contributed by atoms with Gasteiger partial charge in [0, 0.05) is 6.20 Å². The minimum Gasteiger partial charge on any atom is -0.467 e. The van der Waals surface area contributed by atoms with Crippen LogP contribution in [0.15, 0.2) is 18.3 Å². The number of aliphatic hydroxyl groups is 2. The zero-order chi connectivity index (χ0) is 11.4. The lowest BCUT2D eigenvalue weighted by Crippen LogP contribution is -2.29. The first-order chi connectivity index (χ1) is 7.06. The average Bonchev–Trinajstić information content (AvgIpc) is 2.26. The van der Waals surface area contributed by atoms with Crippen LogP contribution < -0.4 is 0 Å². The van der Waals surface area contributed by atoms with Crippen LogP contribution in [0.2, 0.25) is 0 Å². The molecule has 1 rings (SSSR count). The first-order valence-electron chi connectivity index (χ1n) is 4.42. The number of aromatic nitrogens is 1. The molecule has 1 heterocycles. The lowest BCUT2D eigenvalue weighted by Gasteiger charge is -2.15. The molecule has 0 fully saturated rings. The molecule has 0 aromatic carbocycles. The molecule has 0 aliphatic heterocycles. The summed E-state index contributed by atoms with van der Waals surface area (Å²) in [4.78, 5) is 14.8. The zero-order valence-electron chi connectivity index (χ0n) is 8.54. The number of hydrogen-bond acceptors (Lipinski definition) is 5. The minimum absolute atomic E-state index is 0.243. The number of pyridine rings is 1. The van der Waals surface area contributed by atoms with E-state index < -0.39 is 18.2 Å². The summed E-state index contributed by atoms with van der Waals surface area (Å²) in [6.45, 7) is 1.82. The van der Waals surface area contributed by atoms with E-state index in [0.29, 0.717) is 0 Å². The Morgan fingerprint density at radius 2 is 2.20 bits per heavy atom. The highest BCUT2D eigenvalue weighted by atomic mass is 16.5. The van der Waals surface area contributed by atoms with Gasteiger partial charge in [0.25, 0.3) is 0 Å². The molecule has 1 aromatic rings. The number of carbonyl (C=O) groups is 1. The third kappa shape index (κ3) is 2.74. The van der Waals surface area contributed by atoms with E-state index in [1.54, 1.807) is 12.1 Å². The normalized spacial score (nSPS) is 14.4. The lowest BCUT2D eigenvalue weighted by molar-refractivity contribution is -0.157. The van der Waals surface area contributed by atoms with E-state index in [-0.39, 0.29) is 5.69 Å². The van der Waals surface area contributed by atoms with Gasteiger partial charge >= 0.3 is 5.97 Å². The molecular formula is C10H13NO4. The number of rotatable bonds is 3. The van der Waals surface area contributed by atoms with Crippen LogP contribution in [0.4, 0.5) is 0 Å². The molecule has 0 amide bonds. The van der Waals surface area contributed by atoms with Crippen LogP contribution in [0.25, 0.3) is 0 Å². The van der Waals surface area contributed by atoms with Crippen molar-refractivity contribution in [1.82, 2.24) is 4.98 Å². The Balaban J connectivity index is 2.84. The number of nitrogens with zero attached hydrogens (tertiary/aromatic N) is 1. The van der Waals surface area contributed by atoms with Crippen LogP contribution in [0.3, 0.4) is 0 Å². The molecule has 2 atom stereocenters. The molecule has 0 saturated carbocycles. The molecule has 0 aliphatic carbocycles. The van der Waals surface area contributed by atoms with E-state index in [0.717, 1.165) is 12.7 Å². The predicted octanol–water partition coefficient (Wildman–Crippen LogP) is -0.0427. The standard InChI is InChI=1S/C10H13NO4/c1-6-3-4-11-7(5-6)8(12)9(13)10(14)15-2/h3-5,8-9,12-13H,1-2H3. The number of esters is 1. The van der Waals surface area contributed by atoms with Gasteiger partial charge in [-0.1, -0.05) is 0 Å². The molecule has 5 nitrogen and oxygen atoms in total. The molecule has 1 aromatic heterocycles. The summed E-state index contributed by atoms with van der Waals surface area (Å²) in [5.74, 6) is -0.884. The van der Waals surface area contributed by atoms with Crippen molar-refractivity contribution in [3.63, 3.8) is 0 Å². The fourth-order valence-corrected chi connectivity index (χ4v) is 1.13. The van der Waals surface area contributed by atoms with Gasteiger partial charge in [-0.05, 0) is 24.6 Å². The first-order valence-corrected chi connectivity index (χ1v) is 4.42. The summed E-state index contributed by atoms with van der Waals surface area (Å²) in [5.41, 5.74) is 1.13. The highest BCUT2D eigenvalue weighted by Gasteiger charge is 2.27. The van der Waals surface area contributed by atoms with Crippen LogP contribution in [-0.2, 0) is 9.53 Å². The molecule has 0 saturated heterocycles. The van der Waals surface area contributed by atoms with Gasteiger partial charge in [-0.2, -0.15) is 0 Å². The maximum atomic E-state index is 11.0. The maximum absolute atomic E-state index is 11.0. The van der Waals surface area contributed by atoms with Gasteiger partial charge in [0.2, 0.25) is 0 Å². The van der Waals surface area contributed by atoms with Gasteiger partial charge in [0.1, 0.15) is 6.10 Å². The van der Waals surface area contributed by atoms with Gasteiger partial charge in [0.15, 0.2) is 6.10 Å². The Bertz CT molecular complexity index is 353. The van der Waals surface area contributed by atoms with Gasteiger partial charge in [-0.3, -0.25) is 4.98 Å². The fourth-order valence-electron chi connectivity index (χ4n) is 1.13. The number of ether oxygens (including phenoxy) is 1. The summed E-state index contributed by atoms with van der Waals surface area (Å²) in [5, 5.41) is 19.0. The molecule has 0 aliphatic rings. The second-order valence-corrected chi connectivity index (χ2v) is 3.17. The van der Waals surface area contributed by atoms with Gasteiger partial charge in [-0.15, -0.1) is 0 Å². The Morgan fingerprint density at radius 1 is 1.53 bits per heavy atom. The molecule has 15 heavy (non-hydrogen) atoms. The second-order valence-electron chi connectivity index (χ2n) is 3.17. The van der Waals surface area contributed by atoms with Crippen LogP contribution in [0.1, 0.15) is 17.4 Å². The molecule has 5 heteroatoms. The smallest absolute Gasteiger partial charge is 0.337 e. The van der Waals surface area contributed by atoms with Crippen molar-refractivity contribution in [2.75, 3.05) is 7.11 Å². The number of aliphatic hydroxyl groups excluding tert-OH is 2. The third-order valence-corrected chi connectivity index (χ3v) is 1.98. The van der Waals surface area contributed by atoms with Crippen molar-refractivity contribution in [3.05, 3.63) is 29.6 Å². The van der Waals surface area contributed by atoms with Crippen molar-refractivity contribution < 1.29 is 19.7 Å². The summed E-state index contributed by atoms with van der Waals surface area (Å²) in [6.07, 6.45) is -1.47. The Labute approximate surface area is 87.3 Å². The third-order valence-electron chi connectivity index (χ3n) is 1.98. The monoisotopic (exact) mass is 211 g/mol. The maximum Gasteiger partial charge on any atom is 0.337 e. The van der Waals surface area contributed by atoms with Gasteiger partial charge < -0.3 is 14.9 Å². The summed E-state index contributed by atoms with van der Waals surface area (Å²) in [7, 11) is 1.14. The number of methoxy groups -OCH3 is 1. The SMILES string of the molecule is COC(=O)C(O)C(O)c1cc(C)ccn1. The van der Waals surface area contributed by atoms with Crippen molar-refractivity contribution in [3.8, 4) is 0 Å². The first kappa shape index (κ1) is 11.6. The molecular weight excluding hydrogens is 198 g/mol. The zero-order valence-corrected chi connectivity index (χ0v) is 8.54. The Hall–Kier alpha value is -1.46. The largest absolute Gasteiger partial charge is 0.467 e. The molecule has 0 spiro atoms. The van der Waals surface area contributed by atoms with E-state index in [9.17, 15) is 15.0 Å². The number of hydrogen-bond donors (Lipinski definition) is 2. The highest BCUT2D eigenvalue weighted by molar-refractivity contribution is 5.75. The summed E-state index contributed by atoms with van der Waals surface area (Å²) < 4.78 is 4.31. The number of carbonyl (C=O) groups excluding carboxylic acids is 1. The van der Waals surface area contributed by atoms with Crippen molar-refractivity contribution in [1.29, 1.82) is 0 Å². The Morgan fingerprint density at radius 3 is 2.73 bits per heavy atom. The van der Waals surface area contributed by atoms with Gasteiger partial charge in [0.05, 0.1) is 12.8 Å². The average molecular weight is 211 g/mol. The fraction of sp³-hybridized carbons (Fsp3) is 0.400. The quantitative estimate of drug-likeness (QED) is 0.685. The summed E-state index contributed by atoms with van der Waals surface area (Å²) in [6, 6.07) is 3.34.